The molecule has 0 saturated carbocycles. The second-order valence-corrected chi connectivity index (χ2v) is 5.64. The molecule has 2 aromatic carbocycles. The Hall–Kier alpha value is -2.57. The Morgan fingerprint density at radius 3 is 2.62 bits per heavy atom. The zero-order valence-corrected chi connectivity index (χ0v) is 13.5. The summed E-state index contributed by atoms with van der Waals surface area (Å²) in [4.78, 5) is 31.6. The average Bonchev–Trinajstić information content (AvgIpc) is 2.59. The predicted molar refractivity (Wildman–Crippen MR) is 93.4 cm³/mol. The smallest absolute Gasteiger partial charge is 0.349 e. The molecule has 3 rings (SSSR count). The van der Waals surface area contributed by atoms with Gasteiger partial charge in [0, 0.05) is 18.1 Å². The van der Waals surface area contributed by atoms with Gasteiger partial charge in [-0.25, -0.2) is 0 Å². The van der Waals surface area contributed by atoms with Crippen LogP contribution in [0.3, 0.4) is 0 Å². The number of H-pyrrole nitrogens is 1. The van der Waals surface area contributed by atoms with Gasteiger partial charge in [-0.1, -0.05) is 35.9 Å². The van der Waals surface area contributed by atoms with Crippen LogP contribution < -0.4 is 21.3 Å². The van der Waals surface area contributed by atoms with Crippen molar-refractivity contribution >= 4 is 22.6 Å². The highest BCUT2D eigenvalue weighted by Gasteiger charge is 2.07. The highest BCUT2D eigenvalue weighted by atomic mass is 35.5. The lowest BCUT2D eigenvalue weighted by atomic mass is 10.2. The Morgan fingerprint density at radius 2 is 1.83 bits per heavy atom. The maximum absolute atomic E-state index is 12.0. The minimum absolute atomic E-state index is 0.251. The molecule has 24 heavy (non-hydrogen) atoms. The van der Waals surface area contributed by atoms with Gasteiger partial charge in [0.1, 0.15) is 12.1 Å². The van der Waals surface area contributed by atoms with Crippen LogP contribution in [0.2, 0.25) is 5.02 Å². The molecule has 0 radical (unpaired) electrons. The summed E-state index contributed by atoms with van der Waals surface area (Å²) in [6, 6.07) is 14.5. The molecule has 0 aliphatic heterocycles. The molecular weight excluding hydrogens is 330 g/mol. The Kier molecular flexibility index (Phi) is 4.98. The van der Waals surface area contributed by atoms with Gasteiger partial charge in [-0.2, -0.15) is 0 Å². The van der Waals surface area contributed by atoms with Crippen molar-refractivity contribution < 1.29 is 4.84 Å². The number of rotatable bonds is 6. The second-order valence-electron chi connectivity index (χ2n) is 5.21. The van der Waals surface area contributed by atoms with Crippen molar-refractivity contribution in [1.82, 2.24) is 15.0 Å². The first-order valence-corrected chi connectivity index (χ1v) is 7.85. The molecule has 124 valence electrons. The molecule has 0 amide bonds. The number of fused-ring (bicyclic) bond motifs is 1. The van der Waals surface area contributed by atoms with Crippen LogP contribution in [0.5, 0.6) is 0 Å². The van der Waals surface area contributed by atoms with Crippen molar-refractivity contribution in [2.45, 2.75) is 6.54 Å². The maximum Gasteiger partial charge on any atom is 0.349 e. The van der Waals surface area contributed by atoms with Crippen molar-refractivity contribution in [1.29, 1.82) is 0 Å². The molecule has 2 N–H and O–H groups in total. The molecule has 0 spiro atoms. The van der Waals surface area contributed by atoms with E-state index in [1.54, 1.807) is 24.3 Å². The van der Waals surface area contributed by atoms with Gasteiger partial charge in [0.2, 0.25) is 0 Å². The molecule has 6 nitrogen and oxygen atoms in total. The first-order valence-electron chi connectivity index (χ1n) is 7.48. The van der Waals surface area contributed by atoms with Gasteiger partial charge in [0.05, 0.1) is 5.52 Å². The quantitative estimate of drug-likeness (QED) is 0.525. The van der Waals surface area contributed by atoms with Crippen molar-refractivity contribution in [2.24, 2.45) is 0 Å². The average molecular weight is 346 g/mol. The fourth-order valence-electron chi connectivity index (χ4n) is 2.31. The van der Waals surface area contributed by atoms with Crippen LogP contribution in [0.25, 0.3) is 11.0 Å². The number of hydrogen-bond donors (Lipinski definition) is 2. The number of nitrogens with zero attached hydrogens (tertiary/aromatic N) is 1. The van der Waals surface area contributed by atoms with Gasteiger partial charge in [0.15, 0.2) is 0 Å². The third-order valence-electron chi connectivity index (χ3n) is 3.49. The van der Waals surface area contributed by atoms with E-state index in [1.165, 1.54) is 0 Å². The lowest BCUT2D eigenvalue weighted by Crippen LogP contribution is -2.41. The van der Waals surface area contributed by atoms with Crippen LogP contribution in [-0.4, -0.2) is 22.9 Å². The molecule has 0 unspecified atom stereocenters. The fraction of sp³-hybridized carbons (Fsp3) is 0.176. The molecule has 1 heterocycles. The van der Waals surface area contributed by atoms with Crippen LogP contribution in [0.4, 0.5) is 0 Å². The molecule has 0 aliphatic carbocycles. The lowest BCUT2D eigenvalue weighted by Gasteiger charge is -2.11. The summed E-state index contributed by atoms with van der Waals surface area (Å²) in [5.74, 6) is 0. The molecular formula is C17H16ClN3O3. The molecule has 0 fully saturated rings. The fourth-order valence-corrected chi connectivity index (χ4v) is 2.43. The van der Waals surface area contributed by atoms with Gasteiger partial charge < -0.3 is 15.1 Å². The molecule has 3 aromatic rings. The topological polar surface area (TPSA) is 76.1 Å². The number of aromatic nitrogens is 2. The van der Waals surface area contributed by atoms with Crippen molar-refractivity contribution in [2.75, 3.05) is 13.2 Å². The van der Waals surface area contributed by atoms with E-state index in [0.717, 1.165) is 10.3 Å². The number of aromatic amines is 1. The molecule has 0 aliphatic rings. The molecule has 0 atom stereocenters. The third kappa shape index (κ3) is 3.67. The van der Waals surface area contributed by atoms with Crippen molar-refractivity contribution in [3.63, 3.8) is 0 Å². The number of halogens is 1. The van der Waals surface area contributed by atoms with Gasteiger partial charge in [-0.15, -0.1) is 4.73 Å². The standard InChI is InChI=1S/C17H16ClN3O3/c18-13-7-5-12(6-8-13)11-19-9-10-24-21-15-4-2-1-3-14(15)20-16(22)17(21)23/h1-8,19H,9-11H2,(H,20,22). The van der Waals surface area contributed by atoms with E-state index in [9.17, 15) is 9.59 Å². The lowest BCUT2D eigenvalue weighted by molar-refractivity contribution is 0.112. The van der Waals surface area contributed by atoms with E-state index >= 15 is 0 Å². The number of nitrogens with one attached hydrogen (secondary N) is 2. The molecule has 0 saturated heterocycles. The molecule has 7 heteroatoms. The van der Waals surface area contributed by atoms with Crippen LogP contribution in [0, 0.1) is 0 Å². The zero-order valence-electron chi connectivity index (χ0n) is 12.8. The van der Waals surface area contributed by atoms with E-state index in [-0.39, 0.29) is 6.61 Å². The summed E-state index contributed by atoms with van der Waals surface area (Å²) in [5, 5.41) is 3.90. The van der Waals surface area contributed by atoms with E-state index in [2.05, 4.69) is 10.3 Å². The molecule has 1 aromatic heterocycles. The summed E-state index contributed by atoms with van der Waals surface area (Å²) >= 11 is 5.84. The normalized spacial score (nSPS) is 10.9. The highest BCUT2D eigenvalue weighted by molar-refractivity contribution is 6.30. The number of benzene rings is 2. The van der Waals surface area contributed by atoms with E-state index in [0.29, 0.717) is 29.1 Å². The van der Waals surface area contributed by atoms with E-state index in [1.807, 2.05) is 24.3 Å². The van der Waals surface area contributed by atoms with Gasteiger partial charge in [-0.3, -0.25) is 9.59 Å². The Morgan fingerprint density at radius 1 is 1.08 bits per heavy atom. The monoisotopic (exact) mass is 345 g/mol. The summed E-state index contributed by atoms with van der Waals surface area (Å²) in [6.07, 6.45) is 0. The maximum atomic E-state index is 12.0. The van der Waals surface area contributed by atoms with E-state index in [4.69, 9.17) is 16.4 Å². The Balaban J connectivity index is 1.62. The summed E-state index contributed by atoms with van der Waals surface area (Å²) < 4.78 is 1.04. The predicted octanol–water partition coefficient (Wildman–Crippen LogP) is 1.56. The highest BCUT2D eigenvalue weighted by Crippen LogP contribution is 2.09. The van der Waals surface area contributed by atoms with Gasteiger partial charge in [-0.05, 0) is 29.8 Å². The Bertz CT molecular complexity index is 948. The first kappa shape index (κ1) is 16.3. The largest absolute Gasteiger partial charge is 0.409 e. The van der Waals surface area contributed by atoms with Crippen LogP contribution >= 0.6 is 11.6 Å². The van der Waals surface area contributed by atoms with Crippen molar-refractivity contribution in [3.05, 3.63) is 79.8 Å². The van der Waals surface area contributed by atoms with Crippen LogP contribution in [-0.2, 0) is 6.54 Å². The van der Waals surface area contributed by atoms with Crippen LogP contribution in [0.15, 0.2) is 58.1 Å². The first-order chi connectivity index (χ1) is 11.6. The zero-order chi connectivity index (χ0) is 16.9. The summed E-state index contributed by atoms with van der Waals surface area (Å²) in [6.45, 7) is 1.43. The minimum Gasteiger partial charge on any atom is -0.409 e. The minimum atomic E-state index is -0.730. The SMILES string of the molecule is O=c1[nH]c2ccccc2n(OCCNCc2ccc(Cl)cc2)c1=O. The van der Waals surface area contributed by atoms with Gasteiger partial charge in [0.25, 0.3) is 0 Å². The molecule has 0 bridgehead atoms. The van der Waals surface area contributed by atoms with E-state index < -0.39 is 11.1 Å². The summed E-state index contributed by atoms with van der Waals surface area (Å²) in [5.41, 5.74) is 0.739. The second kappa shape index (κ2) is 7.33. The number of hydrogen-bond acceptors (Lipinski definition) is 4. The Labute approximate surface area is 142 Å². The van der Waals surface area contributed by atoms with Gasteiger partial charge >= 0.3 is 11.1 Å². The van der Waals surface area contributed by atoms with Crippen LogP contribution in [0.1, 0.15) is 5.56 Å². The third-order valence-corrected chi connectivity index (χ3v) is 3.74. The number of para-hydroxylation sites is 2. The summed E-state index contributed by atoms with van der Waals surface area (Å²) in [7, 11) is 0. The van der Waals surface area contributed by atoms with Crippen molar-refractivity contribution in [3.8, 4) is 0 Å².